The first-order valence-electron chi connectivity index (χ1n) is 11.0. The Morgan fingerprint density at radius 1 is 1.18 bits per heavy atom. The molecule has 0 radical (unpaired) electrons. The highest BCUT2D eigenvalue weighted by molar-refractivity contribution is 5.43. The van der Waals surface area contributed by atoms with Crippen molar-refractivity contribution in [3.05, 3.63) is 71.4 Å². The predicted molar refractivity (Wildman–Crippen MR) is 126 cm³/mol. The molecule has 1 N–H and O–H groups in total. The van der Waals surface area contributed by atoms with Crippen LogP contribution in [0.4, 0.5) is 8.78 Å². The van der Waals surface area contributed by atoms with Gasteiger partial charge in [0.05, 0.1) is 29.7 Å². The van der Waals surface area contributed by atoms with Gasteiger partial charge in [-0.05, 0) is 45.0 Å². The molecule has 0 spiro atoms. The van der Waals surface area contributed by atoms with Crippen LogP contribution >= 0.6 is 0 Å². The predicted octanol–water partition coefficient (Wildman–Crippen LogP) is 4.47. The average molecular weight is 470 g/mol. The number of rotatable bonds is 11. The van der Waals surface area contributed by atoms with Crippen LogP contribution in [0.3, 0.4) is 0 Å². The van der Waals surface area contributed by atoms with E-state index in [9.17, 15) is 13.9 Å². The van der Waals surface area contributed by atoms with Crippen LogP contribution in [-0.2, 0) is 11.3 Å². The first-order valence-corrected chi connectivity index (χ1v) is 11.0. The van der Waals surface area contributed by atoms with Crippen molar-refractivity contribution < 1.29 is 23.4 Å². The van der Waals surface area contributed by atoms with E-state index >= 15 is 0 Å². The average Bonchev–Trinajstić information content (AvgIpc) is 3.11. The highest BCUT2D eigenvalue weighted by Crippen LogP contribution is 2.33. The van der Waals surface area contributed by atoms with Gasteiger partial charge in [-0.1, -0.05) is 24.1 Å². The van der Waals surface area contributed by atoms with Gasteiger partial charge in [-0.2, -0.15) is 5.10 Å². The van der Waals surface area contributed by atoms with Gasteiger partial charge in [-0.25, -0.2) is 13.5 Å². The van der Waals surface area contributed by atoms with Crippen molar-refractivity contribution in [2.24, 2.45) is 0 Å². The molecule has 34 heavy (non-hydrogen) atoms. The summed E-state index contributed by atoms with van der Waals surface area (Å²) in [4.78, 5) is 2.04. The van der Waals surface area contributed by atoms with E-state index in [4.69, 9.17) is 15.9 Å². The van der Waals surface area contributed by atoms with Crippen molar-refractivity contribution in [3.8, 4) is 29.7 Å². The van der Waals surface area contributed by atoms with E-state index in [-0.39, 0.29) is 25.0 Å². The summed E-state index contributed by atoms with van der Waals surface area (Å²) in [5.41, 5.74) is 2.14. The van der Waals surface area contributed by atoms with Crippen LogP contribution < -0.4 is 4.74 Å². The number of benzene rings is 2. The molecule has 0 fully saturated rings. The van der Waals surface area contributed by atoms with E-state index < -0.39 is 17.7 Å². The van der Waals surface area contributed by atoms with Crippen LogP contribution in [-0.4, -0.2) is 51.7 Å². The minimum atomic E-state index is -0.814. The van der Waals surface area contributed by atoms with E-state index in [1.807, 2.05) is 56.0 Å². The van der Waals surface area contributed by atoms with E-state index in [1.165, 1.54) is 6.07 Å². The summed E-state index contributed by atoms with van der Waals surface area (Å²) in [6.07, 6.45) is 4.44. The molecule has 8 heteroatoms. The third-order valence-corrected chi connectivity index (χ3v) is 5.27. The van der Waals surface area contributed by atoms with Crippen molar-refractivity contribution in [1.29, 1.82) is 0 Å². The Bertz CT molecular complexity index is 1130. The lowest BCUT2D eigenvalue weighted by Crippen LogP contribution is -2.39. The molecule has 1 atom stereocenters. The summed E-state index contributed by atoms with van der Waals surface area (Å²) in [5, 5.41) is 15.1. The van der Waals surface area contributed by atoms with E-state index in [1.54, 1.807) is 4.68 Å². The van der Waals surface area contributed by atoms with Crippen molar-refractivity contribution in [2.75, 3.05) is 19.8 Å². The maximum absolute atomic E-state index is 14.5. The number of nitrogens with zero attached hydrogens (tertiary/aromatic N) is 3. The van der Waals surface area contributed by atoms with Gasteiger partial charge in [-0.15, -0.1) is 6.42 Å². The Hall–Kier alpha value is -3.25. The summed E-state index contributed by atoms with van der Waals surface area (Å²) in [7, 11) is 0. The highest BCUT2D eigenvalue weighted by Gasteiger charge is 2.24. The van der Waals surface area contributed by atoms with E-state index in [0.29, 0.717) is 24.7 Å². The van der Waals surface area contributed by atoms with Gasteiger partial charge in [0, 0.05) is 25.2 Å². The number of aryl methyl sites for hydroxylation is 1. The quantitative estimate of drug-likeness (QED) is 0.332. The van der Waals surface area contributed by atoms with Gasteiger partial charge in [0.25, 0.3) is 0 Å². The molecule has 6 nitrogen and oxygen atoms in total. The van der Waals surface area contributed by atoms with Gasteiger partial charge in [0.1, 0.15) is 12.4 Å². The Morgan fingerprint density at radius 2 is 1.91 bits per heavy atom. The monoisotopic (exact) mass is 469 g/mol. The Morgan fingerprint density at radius 3 is 2.56 bits per heavy atom. The van der Waals surface area contributed by atoms with Crippen molar-refractivity contribution >= 4 is 0 Å². The zero-order chi connectivity index (χ0) is 24.7. The van der Waals surface area contributed by atoms with Crippen molar-refractivity contribution in [2.45, 2.75) is 39.5 Å². The molecule has 2 aromatic carbocycles. The topological polar surface area (TPSA) is 59.8 Å². The number of halogens is 2. The summed E-state index contributed by atoms with van der Waals surface area (Å²) < 4.78 is 40.7. The normalized spacial score (nSPS) is 12.2. The number of aromatic nitrogens is 2. The molecule has 180 valence electrons. The zero-order valence-electron chi connectivity index (χ0n) is 19.5. The number of hydrogen-bond acceptors (Lipinski definition) is 5. The van der Waals surface area contributed by atoms with Gasteiger partial charge in [0.2, 0.25) is 5.88 Å². The second-order valence-corrected chi connectivity index (χ2v) is 8.19. The molecule has 1 heterocycles. The van der Waals surface area contributed by atoms with Crippen LogP contribution in [0.5, 0.6) is 11.6 Å². The van der Waals surface area contributed by atoms with Crippen LogP contribution in [0, 0.1) is 30.9 Å². The number of aliphatic hydroxyl groups is 1. The summed E-state index contributed by atoms with van der Waals surface area (Å²) >= 11 is 0. The van der Waals surface area contributed by atoms with Gasteiger partial charge >= 0.3 is 0 Å². The molecular weight excluding hydrogens is 440 g/mol. The van der Waals surface area contributed by atoms with Crippen molar-refractivity contribution in [3.63, 3.8) is 0 Å². The summed E-state index contributed by atoms with van der Waals surface area (Å²) in [6.45, 7) is 6.79. The molecule has 0 saturated heterocycles. The third-order valence-electron chi connectivity index (χ3n) is 5.27. The first kappa shape index (κ1) is 25.4. The molecule has 0 aliphatic rings. The van der Waals surface area contributed by atoms with Crippen molar-refractivity contribution in [1.82, 2.24) is 14.7 Å². The zero-order valence-corrected chi connectivity index (χ0v) is 19.5. The molecule has 0 saturated carbocycles. The standard InChI is InChI=1S/C26H29F2N3O3/c1-5-13-33-17-22(32)15-30(18(2)3)16-23-19(4)29-31(21-9-7-6-8-10-21)26(23)34-25-12-11-20(27)14-24(25)28/h1,6-12,14,18,22,32H,13,15-17H2,2-4H3. The highest BCUT2D eigenvalue weighted by atomic mass is 19.1. The maximum atomic E-state index is 14.5. The number of terminal acetylenes is 1. The molecule has 3 aromatic rings. The second kappa shape index (κ2) is 11.7. The Labute approximate surface area is 198 Å². The lowest BCUT2D eigenvalue weighted by Gasteiger charge is -2.28. The fraction of sp³-hybridized carbons (Fsp3) is 0.346. The molecule has 1 unspecified atom stereocenters. The maximum Gasteiger partial charge on any atom is 0.227 e. The van der Waals surface area contributed by atoms with Crippen LogP contribution in [0.2, 0.25) is 0 Å². The number of para-hydroxylation sites is 1. The smallest absolute Gasteiger partial charge is 0.227 e. The number of hydrogen-bond donors (Lipinski definition) is 1. The lowest BCUT2D eigenvalue weighted by molar-refractivity contribution is 0.0190. The van der Waals surface area contributed by atoms with Crippen LogP contribution in [0.1, 0.15) is 25.1 Å². The Kier molecular flexibility index (Phi) is 8.77. The fourth-order valence-corrected chi connectivity index (χ4v) is 3.47. The minimum absolute atomic E-state index is 0.0668. The van der Waals surface area contributed by atoms with Crippen LogP contribution in [0.15, 0.2) is 48.5 Å². The van der Waals surface area contributed by atoms with Crippen LogP contribution in [0.25, 0.3) is 5.69 Å². The SMILES string of the molecule is C#CCOCC(O)CN(Cc1c(C)nn(-c2ccccc2)c1Oc1ccc(F)cc1F)C(C)C. The molecular formula is C26H29F2N3O3. The third kappa shape index (κ3) is 6.41. The summed E-state index contributed by atoms with van der Waals surface area (Å²) in [5.74, 6) is 1.08. The van der Waals surface area contributed by atoms with Gasteiger partial charge in [-0.3, -0.25) is 4.90 Å². The molecule has 0 aliphatic carbocycles. The summed E-state index contributed by atoms with van der Waals surface area (Å²) in [6, 6.07) is 12.6. The first-order chi connectivity index (χ1) is 16.3. The molecule has 0 bridgehead atoms. The largest absolute Gasteiger partial charge is 0.435 e. The molecule has 1 aromatic heterocycles. The van der Waals surface area contributed by atoms with Gasteiger partial charge < -0.3 is 14.6 Å². The Balaban J connectivity index is 1.96. The second-order valence-electron chi connectivity index (χ2n) is 8.19. The minimum Gasteiger partial charge on any atom is -0.435 e. The lowest BCUT2D eigenvalue weighted by atomic mass is 10.2. The van der Waals surface area contributed by atoms with E-state index in [2.05, 4.69) is 11.0 Å². The number of aliphatic hydroxyl groups excluding tert-OH is 1. The molecule has 0 amide bonds. The molecule has 3 rings (SSSR count). The number of ether oxygens (including phenoxy) is 2. The fourth-order valence-electron chi connectivity index (χ4n) is 3.47. The van der Waals surface area contributed by atoms with Gasteiger partial charge in [0.15, 0.2) is 11.6 Å². The van der Waals surface area contributed by atoms with E-state index in [0.717, 1.165) is 23.4 Å². The molecule has 0 aliphatic heterocycles.